The molecule has 3 rings (SSSR count). The smallest absolute Gasteiger partial charge is 0.275 e. The first-order chi connectivity index (χ1) is 12.4. The summed E-state index contributed by atoms with van der Waals surface area (Å²) in [5, 5.41) is 5.89. The first-order valence-electron chi connectivity index (χ1n) is 8.16. The second-order valence-corrected chi connectivity index (χ2v) is 6.15. The maximum atomic E-state index is 12.9. The molecule has 26 heavy (non-hydrogen) atoms. The van der Waals surface area contributed by atoms with Crippen LogP contribution in [0.4, 0.5) is 21.6 Å². The largest absolute Gasteiger partial charge is 0.339 e. The van der Waals surface area contributed by atoms with Crippen molar-refractivity contribution < 1.29 is 9.18 Å². The molecule has 0 aliphatic heterocycles. The molecule has 2 N–H and O–H groups in total. The molecule has 132 valence electrons. The molecule has 2 aromatic carbocycles. The maximum Gasteiger partial charge on any atom is 0.275 e. The Hall–Kier alpha value is -3.28. The second kappa shape index (κ2) is 7.31. The van der Waals surface area contributed by atoms with Crippen molar-refractivity contribution in [1.29, 1.82) is 0 Å². The third-order valence-electron chi connectivity index (χ3n) is 3.92. The number of nitrogens with one attached hydrogen (secondary N) is 2. The monoisotopic (exact) mass is 350 g/mol. The van der Waals surface area contributed by atoms with Crippen molar-refractivity contribution in [2.75, 3.05) is 10.6 Å². The molecule has 0 spiro atoms. The summed E-state index contributed by atoms with van der Waals surface area (Å²) < 4.78 is 12.9. The van der Waals surface area contributed by atoms with Gasteiger partial charge in [0.15, 0.2) is 0 Å². The standard InChI is InChI=1S/C20H19FN4O/c1-12-8-13(2)19(14(3)9-12)25-20(26)17-10-23-18(11-22-17)24-16-6-4-15(21)5-7-16/h4-11H,1-3H3,(H,23,24)(H,25,26). The Kier molecular flexibility index (Phi) is 4.93. The second-order valence-electron chi connectivity index (χ2n) is 6.15. The highest BCUT2D eigenvalue weighted by Crippen LogP contribution is 2.22. The van der Waals surface area contributed by atoms with Gasteiger partial charge in [-0.15, -0.1) is 0 Å². The average molecular weight is 350 g/mol. The predicted octanol–water partition coefficient (Wildman–Crippen LogP) is 4.54. The highest BCUT2D eigenvalue weighted by atomic mass is 19.1. The van der Waals surface area contributed by atoms with E-state index in [0.29, 0.717) is 11.5 Å². The molecule has 0 saturated heterocycles. The summed E-state index contributed by atoms with van der Waals surface area (Å²) in [6, 6.07) is 9.93. The number of carbonyl (C=O) groups is 1. The van der Waals surface area contributed by atoms with Crippen molar-refractivity contribution >= 4 is 23.1 Å². The molecule has 0 atom stereocenters. The van der Waals surface area contributed by atoms with E-state index < -0.39 is 0 Å². The minimum atomic E-state index is -0.319. The molecule has 5 nitrogen and oxygen atoms in total. The number of rotatable bonds is 4. The highest BCUT2D eigenvalue weighted by molar-refractivity contribution is 6.03. The third-order valence-corrected chi connectivity index (χ3v) is 3.92. The van der Waals surface area contributed by atoms with Gasteiger partial charge in [-0.25, -0.2) is 14.4 Å². The summed E-state index contributed by atoms with van der Waals surface area (Å²) in [4.78, 5) is 20.8. The molecule has 0 unspecified atom stereocenters. The van der Waals surface area contributed by atoms with Crippen LogP contribution >= 0.6 is 0 Å². The Bertz CT molecular complexity index is 914. The number of aryl methyl sites for hydroxylation is 3. The van der Waals surface area contributed by atoms with Crippen LogP contribution in [0.5, 0.6) is 0 Å². The Morgan fingerprint density at radius 1 is 0.962 bits per heavy atom. The third kappa shape index (κ3) is 4.03. The van der Waals surface area contributed by atoms with E-state index in [1.54, 1.807) is 12.1 Å². The summed E-state index contributed by atoms with van der Waals surface area (Å²) in [7, 11) is 0. The van der Waals surface area contributed by atoms with Crippen molar-refractivity contribution in [3.63, 3.8) is 0 Å². The van der Waals surface area contributed by atoms with E-state index >= 15 is 0 Å². The van der Waals surface area contributed by atoms with Crippen LogP contribution in [0.15, 0.2) is 48.8 Å². The van der Waals surface area contributed by atoms with Gasteiger partial charge in [-0.1, -0.05) is 17.7 Å². The first kappa shape index (κ1) is 17.5. The predicted molar refractivity (Wildman–Crippen MR) is 100 cm³/mol. The summed E-state index contributed by atoms with van der Waals surface area (Å²) in [6.07, 6.45) is 2.87. The number of aromatic nitrogens is 2. The van der Waals surface area contributed by atoms with Crippen molar-refractivity contribution in [1.82, 2.24) is 9.97 Å². The lowest BCUT2D eigenvalue weighted by Crippen LogP contribution is -2.16. The number of hydrogen-bond acceptors (Lipinski definition) is 4. The van der Waals surface area contributed by atoms with Gasteiger partial charge in [0.05, 0.1) is 12.4 Å². The van der Waals surface area contributed by atoms with E-state index in [1.165, 1.54) is 24.5 Å². The van der Waals surface area contributed by atoms with E-state index in [0.717, 1.165) is 22.4 Å². The van der Waals surface area contributed by atoms with E-state index in [-0.39, 0.29) is 17.4 Å². The molecule has 0 radical (unpaired) electrons. The van der Waals surface area contributed by atoms with Crippen molar-refractivity contribution in [2.45, 2.75) is 20.8 Å². The fraction of sp³-hybridized carbons (Fsp3) is 0.150. The van der Waals surface area contributed by atoms with E-state index in [4.69, 9.17) is 0 Å². The molecule has 0 fully saturated rings. The van der Waals surface area contributed by atoms with Crippen LogP contribution in [0.1, 0.15) is 27.2 Å². The van der Waals surface area contributed by atoms with E-state index in [1.807, 2.05) is 32.9 Å². The van der Waals surface area contributed by atoms with Crippen LogP contribution in [0, 0.1) is 26.6 Å². The SMILES string of the molecule is Cc1cc(C)c(NC(=O)c2cnc(Nc3ccc(F)cc3)cn2)c(C)c1. The molecule has 1 amide bonds. The molecule has 6 heteroatoms. The van der Waals surface area contributed by atoms with Crippen LogP contribution in [0.2, 0.25) is 0 Å². The van der Waals surface area contributed by atoms with E-state index in [2.05, 4.69) is 20.6 Å². The van der Waals surface area contributed by atoms with Gasteiger partial charge in [-0.05, 0) is 56.2 Å². The Morgan fingerprint density at radius 2 is 1.62 bits per heavy atom. The van der Waals surface area contributed by atoms with Gasteiger partial charge in [0, 0.05) is 11.4 Å². The van der Waals surface area contributed by atoms with Crippen molar-refractivity contribution in [3.05, 3.63) is 77.0 Å². The van der Waals surface area contributed by atoms with Crippen molar-refractivity contribution in [2.24, 2.45) is 0 Å². The fourth-order valence-corrected chi connectivity index (χ4v) is 2.75. The van der Waals surface area contributed by atoms with Gasteiger partial charge < -0.3 is 10.6 Å². The molecule has 3 aromatic rings. The average Bonchev–Trinajstić information content (AvgIpc) is 2.60. The normalized spacial score (nSPS) is 10.5. The molecular weight excluding hydrogens is 331 g/mol. The zero-order valence-corrected chi connectivity index (χ0v) is 14.8. The van der Waals surface area contributed by atoms with Crippen LogP contribution < -0.4 is 10.6 Å². The maximum absolute atomic E-state index is 12.9. The minimum absolute atomic E-state index is 0.217. The van der Waals surface area contributed by atoms with Crippen LogP contribution in [-0.4, -0.2) is 15.9 Å². The van der Waals surface area contributed by atoms with Gasteiger partial charge in [-0.2, -0.15) is 0 Å². The molecule has 0 bridgehead atoms. The Balaban J connectivity index is 1.72. The van der Waals surface area contributed by atoms with Gasteiger partial charge in [0.25, 0.3) is 5.91 Å². The van der Waals surface area contributed by atoms with Gasteiger partial charge >= 0.3 is 0 Å². The van der Waals surface area contributed by atoms with Gasteiger partial charge in [0.1, 0.15) is 17.3 Å². The molecule has 0 aliphatic rings. The summed E-state index contributed by atoms with van der Waals surface area (Å²) >= 11 is 0. The van der Waals surface area contributed by atoms with Crippen LogP contribution in [0.3, 0.4) is 0 Å². The molecular formula is C20H19FN4O. The number of halogens is 1. The zero-order valence-electron chi connectivity index (χ0n) is 14.8. The van der Waals surface area contributed by atoms with Crippen LogP contribution in [0.25, 0.3) is 0 Å². The zero-order chi connectivity index (χ0) is 18.7. The van der Waals surface area contributed by atoms with Crippen LogP contribution in [-0.2, 0) is 0 Å². The highest BCUT2D eigenvalue weighted by Gasteiger charge is 2.12. The number of carbonyl (C=O) groups excluding carboxylic acids is 1. The number of amides is 1. The summed E-state index contributed by atoms with van der Waals surface area (Å²) in [5.74, 6) is -0.160. The molecule has 1 heterocycles. The van der Waals surface area contributed by atoms with Gasteiger partial charge in [0.2, 0.25) is 0 Å². The Morgan fingerprint density at radius 3 is 2.19 bits per heavy atom. The fourth-order valence-electron chi connectivity index (χ4n) is 2.75. The van der Waals surface area contributed by atoms with Crippen molar-refractivity contribution in [3.8, 4) is 0 Å². The lowest BCUT2D eigenvalue weighted by Gasteiger charge is -2.12. The number of benzene rings is 2. The number of nitrogens with zero attached hydrogens (tertiary/aromatic N) is 2. The topological polar surface area (TPSA) is 66.9 Å². The quantitative estimate of drug-likeness (QED) is 0.725. The Labute approximate surface area is 151 Å². The summed E-state index contributed by atoms with van der Waals surface area (Å²) in [6.45, 7) is 5.93. The first-order valence-corrected chi connectivity index (χ1v) is 8.16. The number of anilines is 3. The molecule has 1 aromatic heterocycles. The minimum Gasteiger partial charge on any atom is -0.339 e. The number of hydrogen-bond donors (Lipinski definition) is 2. The molecule has 0 saturated carbocycles. The lowest BCUT2D eigenvalue weighted by molar-refractivity contribution is 0.102. The van der Waals surface area contributed by atoms with Gasteiger partial charge in [-0.3, -0.25) is 4.79 Å². The van der Waals surface area contributed by atoms with E-state index in [9.17, 15) is 9.18 Å². The lowest BCUT2D eigenvalue weighted by atomic mass is 10.1. The summed E-state index contributed by atoms with van der Waals surface area (Å²) in [5.41, 5.74) is 4.83. The molecule has 0 aliphatic carbocycles.